The Bertz CT molecular complexity index is 535. The number of nitrogens with one attached hydrogen (secondary N) is 1. The molecule has 0 aromatic heterocycles. The lowest BCUT2D eigenvalue weighted by atomic mass is 9.90. The summed E-state index contributed by atoms with van der Waals surface area (Å²) in [7, 11) is 0. The van der Waals surface area contributed by atoms with Gasteiger partial charge in [-0.2, -0.15) is 0 Å². The van der Waals surface area contributed by atoms with Crippen LogP contribution in [0.3, 0.4) is 0 Å². The summed E-state index contributed by atoms with van der Waals surface area (Å²) in [5.41, 5.74) is 3.10. The van der Waals surface area contributed by atoms with Crippen molar-refractivity contribution in [1.82, 2.24) is 5.32 Å². The number of carbonyl (C=O) groups excluding carboxylic acids is 1. The predicted molar refractivity (Wildman–Crippen MR) is 84.8 cm³/mol. The van der Waals surface area contributed by atoms with Crippen LogP contribution in [0.15, 0.2) is 18.2 Å². The maximum absolute atomic E-state index is 12.1. The first-order valence-corrected chi connectivity index (χ1v) is 8.32. The Morgan fingerprint density at radius 1 is 1.18 bits per heavy atom. The van der Waals surface area contributed by atoms with Crippen molar-refractivity contribution >= 4 is 5.91 Å². The average Bonchev–Trinajstić information content (AvgIpc) is 2.54. The largest absolute Gasteiger partial charge is 0.388 e. The van der Waals surface area contributed by atoms with Gasteiger partial charge in [0, 0.05) is 32.6 Å². The minimum absolute atomic E-state index is 0.0179. The van der Waals surface area contributed by atoms with E-state index in [1.54, 1.807) is 0 Å². The molecule has 0 saturated carbocycles. The quantitative estimate of drug-likeness (QED) is 0.891. The van der Waals surface area contributed by atoms with Crippen LogP contribution < -0.4 is 5.32 Å². The molecular weight excluding hydrogens is 278 g/mol. The van der Waals surface area contributed by atoms with Gasteiger partial charge in [0.1, 0.15) is 0 Å². The molecule has 0 bridgehead atoms. The van der Waals surface area contributed by atoms with Gasteiger partial charge in [0.15, 0.2) is 0 Å². The van der Waals surface area contributed by atoms with Gasteiger partial charge in [-0.1, -0.05) is 18.2 Å². The molecule has 1 aromatic rings. The Balaban J connectivity index is 1.53. The number of amides is 1. The van der Waals surface area contributed by atoms with Crippen LogP contribution in [-0.4, -0.2) is 36.4 Å². The normalized spacial score (nSPS) is 20.2. The third-order valence-corrected chi connectivity index (χ3v) is 4.82. The van der Waals surface area contributed by atoms with Crippen LogP contribution in [0.2, 0.25) is 0 Å². The van der Waals surface area contributed by atoms with Crippen LogP contribution in [0.1, 0.15) is 42.4 Å². The van der Waals surface area contributed by atoms with Crippen LogP contribution in [-0.2, 0) is 28.8 Å². The second kappa shape index (κ2) is 6.80. The fourth-order valence-corrected chi connectivity index (χ4v) is 3.34. The number of aliphatic hydroxyl groups is 1. The highest BCUT2D eigenvalue weighted by Crippen LogP contribution is 2.22. The van der Waals surface area contributed by atoms with Gasteiger partial charge in [0.25, 0.3) is 0 Å². The molecule has 1 amide bonds. The Morgan fingerprint density at radius 2 is 1.91 bits per heavy atom. The average molecular weight is 303 g/mol. The minimum atomic E-state index is -0.802. The van der Waals surface area contributed by atoms with Crippen molar-refractivity contribution in [3.63, 3.8) is 0 Å². The molecule has 1 fully saturated rings. The molecule has 0 spiro atoms. The van der Waals surface area contributed by atoms with Crippen LogP contribution in [0, 0.1) is 0 Å². The molecule has 4 heteroatoms. The van der Waals surface area contributed by atoms with E-state index >= 15 is 0 Å². The van der Waals surface area contributed by atoms with Gasteiger partial charge in [0.2, 0.25) is 5.91 Å². The Kier molecular flexibility index (Phi) is 4.79. The van der Waals surface area contributed by atoms with Gasteiger partial charge in [-0.05, 0) is 42.4 Å². The highest BCUT2D eigenvalue weighted by Gasteiger charge is 2.30. The lowest BCUT2D eigenvalue weighted by Gasteiger charge is -2.32. The van der Waals surface area contributed by atoms with E-state index in [-0.39, 0.29) is 5.91 Å². The first kappa shape index (κ1) is 15.5. The summed E-state index contributed by atoms with van der Waals surface area (Å²) in [6.07, 6.45) is 6.38. The zero-order chi connectivity index (χ0) is 15.4. The summed E-state index contributed by atoms with van der Waals surface area (Å²) in [4.78, 5) is 12.1. The summed E-state index contributed by atoms with van der Waals surface area (Å²) < 4.78 is 5.25. The molecule has 1 saturated heterocycles. The molecule has 22 heavy (non-hydrogen) atoms. The molecule has 120 valence electrons. The zero-order valence-corrected chi connectivity index (χ0v) is 13.1. The molecule has 0 atom stereocenters. The number of carbonyl (C=O) groups is 1. The SMILES string of the molecule is O=C(Cc1ccc2c(c1)CCCC2)NCC1(O)CCOCC1. The van der Waals surface area contributed by atoms with Crippen molar-refractivity contribution in [1.29, 1.82) is 0 Å². The highest BCUT2D eigenvalue weighted by molar-refractivity contribution is 5.78. The zero-order valence-electron chi connectivity index (χ0n) is 13.1. The van der Waals surface area contributed by atoms with Crippen molar-refractivity contribution in [2.45, 2.75) is 50.5 Å². The first-order valence-electron chi connectivity index (χ1n) is 8.32. The number of fused-ring (bicyclic) bond motifs is 1. The molecule has 2 aliphatic rings. The maximum atomic E-state index is 12.1. The highest BCUT2D eigenvalue weighted by atomic mass is 16.5. The van der Waals surface area contributed by atoms with E-state index in [1.165, 1.54) is 24.0 Å². The third kappa shape index (κ3) is 3.87. The number of hydrogen-bond acceptors (Lipinski definition) is 3. The second-order valence-corrected chi connectivity index (χ2v) is 6.60. The molecule has 3 rings (SSSR count). The van der Waals surface area contributed by atoms with Gasteiger partial charge in [-0.25, -0.2) is 0 Å². The number of aryl methyl sites for hydroxylation is 2. The van der Waals surface area contributed by atoms with Gasteiger partial charge < -0.3 is 15.2 Å². The number of rotatable bonds is 4. The molecule has 1 heterocycles. The van der Waals surface area contributed by atoms with Crippen molar-refractivity contribution in [3.05, 3.63) is 34.9 Å². The summed E-state index contributed by atoms with van der Waals surface area (Å²) in [5, 5.41) is 13.2. The number of ether oxygens (including phenoxy) is 1. The molecule has 1 aliphatic carbocycles. The van der Waals surface area contributed by atoms with E-state index in [9.17, 15) is 9.90 Å². The number of benzene rings is 1. The van der Waals surface area contributed by atoms with Crippen molar-refractivity contribution in [2.75, 3.05) is 19.8 Å². The Labute approximate surface area is 131 Å². The van der Waals surface area contributed by atoms with E-state index in [0.29, 0.717) is 39.0 Å². The molecule has 1 aromatic carbocycles. The molecule has 0 radical (unpaired) electrons. The van der Waals surface area contributed by atoms with Crippen molar-refractivity contribution < 1.29 is 14.6 Å². The second-order valence-electron chi connectivity index (χ2n) is 6.60. The van der Waals surface area contributed by atoms with Crippen molar-refractivity contribution in [2.24, 2.45) is 0 Å². The molecule has 1 aliphatic heterocycles. The van der Waals surface area contributed by atoms with Gasteiger partial charge in [-0.3, -0.25) is 4.79 Å². The van der Waals surface area contributed by atoms with E-state index in [4.69, 9.17) is 4.74 Å². The fourth-order valence-electron chi connectivity index (χ4n) is 3.34. The monoisotopic (exact) mass is 303 g/mol. The van der Waals surface area contributed by atoms with Crippen LogP contribution in [0.25, 0.3) is 0 Å². The van der Waals surface area contributed by atoms with Crippen LogP contribution in [0.5, 0.6) is 0 Å². The topological polar surface area (TPSA) is 58.6 Å². The Morgan fingerprint density at radius 3 is 2.68 bits per heavy atom. The predicted octanol–water partition coefficient (Wildman–Crippen LogP) is 1.77. The molecule has 0 unspecified atom stereocenters. The van der Waals surface area contributed by atoms with Gasteiger partial charge in [0.05, 0.1) is 12.0 Å². The van der Waals surface area contributed by atoms with E-state index in [1.807, 2.05) is 0 Å². The summed E-state index contributed by atoms with van der Waals surface area (Å²) in [6, 6.07) is 6.41. The van der Waals surface area contributed by atoms with Gasteiger partial charge in [-0.15, -0.1) is 0 Å². The van der Waals surface area contributed by atoms with E-state index < -0.39 is 5.60 Å². The van der Waals surface area contributed by atoms with Gasteiger partial charge >= 0.3 is 0 Å². The fraction of sp³-hybridized carbons (Fsp3) is 0.611. The number of hydrogen-bond donors (Lipinski definition) is 2. The summed E-state index contributed by atoms with van der Waals surface area (Å²) >= 11 is 0. The Hall–Kier alpha value is -1.39. The molecule has 2 N–H and O–H groups in total. The summed E-state index contributed by atoms with van der Waals surface area (Å²) in [5.74, 6) is -0.0179. The van der Waals surface area contributed by atoms with E-state index in [2.05, 4.69) is 23.5 Å². The van der Waals surface area contributed by atoms with Crippen LogP contribution in [0.4, 0.5) is 0 Å². The third-order valence-electron chi connectivity index (χ3n) is 4.82. The molecular formula is C18H25NO3. The van der Waals surface area contributed by atoms with E-state index in [0.717, 1.165) is 18.4 Å². The first-order chi connectivity index (χ1) is 10.6. The van der Waals surface area contributed by atoms with Crippen LogP contribution >= 0.6 is 0 Å². The molecule has 4 nitrogen and oxygen atoms in total. The smallest absolute Gasteiger partial charge is 0.224 e. The maximum Gasteiger partial charge on any atom is 0.224 e. The minimum Gasteiger partial charge on any atom is -0.388 e. The standard InChI is InChI=1S/C18H25NO3/c20-17(19-13-18(21)7-9-22-10-8-18)12-14-5-6-15-3-1-2-4-16(15)11-14/h5-6,11,21H,1-4,7-10,12-13H2,(H,19,20). The lowest BCUT2D eigenvalue weighted by molar-refractivity contribution is -0.123. The van der Waals surface area contributed by atoms with Crippen molar-refractivity contribution in [3.8, 4) is 0 Å². The lowest BCUT2D eigenvalue weighted by Crippen LogP contribution is -2.46. The summed E-state index contributed by atoms with van der Waals surface area (Å²) in [6.45, 7) is 1.45.